The number of nitrogens with zero attached hydrogens (tertiary/aromatic N) is 1. The Morgan fingerprint density at radius 1 is 1.42 bits per heavy atom. The van der Waals surface area contributed by atoms with Gasteiger partial charge in [0.05, 0.1) is 6.20 Å². The lowest BCUT2D eigenvalue weighted by Gasteiger charge is -2.06. The molecule has 0 aliphatic heterocycles. The van der Waals surface area contributed by atoms with E-state index in [0.29, 0.717) is 20.0 Å². The number of benzene rings is 1. The summed E-state index contributed by atoms with van der Waals surface area (Å²) in [5, 5.41) is 2.86. The van der Waals surface area contributed by atoms with Crippen molar-refractivity contribution in [2.24, 2.45) is 0 Å². The molecule has 0 atom stereocenters. The summed E-state index contributed by atoms with van der Waals surface area (Å²) in [6.07, 6.45) is 1.36. The molecule has 19 heavy (non-hydrogen) atoms. The van der Waals surface area contributed by atoms with Gasteiger partial charge in [-0.3, -0.25) is 4.79 Å². The molecule has 2 rings (SSSR count). The number of nitrogens with one attached hydrogen (secondary N) is 1. The van der Waals surface area contributed by atoms with Gasteiger partial charge in [-0.15, -0.1) is 0 Å². The SMILES string of the molecule is Nc1ncc(C(=O)NCc2cc(F)c(F)cc2Br)s1. The molecule has 1 amide bonds. The Balaban J connectivity index is 2.07. The van der Waals surface area contributed by atoms with Crippen molar-refractivity contribution >= 4 is 38.3 Å². The number of carbonyl (C=O) groups excluding carboxylic acids is 1. The average molecular weight is 348 g/mol. The van der Waals surface area contributed by atoms with Crippen LogP contribution in [0.5, 0.6) is 0 Å². The minimum Gasteiger partial charge on any atom is -0.375 e. The minimum absolute atomic E-state index is 0.0639. The number of nitrogens with two attached hydrogens (primary N) is 1. The van der Waals surface area contributed by atoms with E-state index in [1.807, 2.05) is 0 Å². The quantitative estimate of drug-likeness (QED) is 0.838. The monoisotopic (exact) mass is 347 g/mol. The second kappa shape index (κ2) is 5.62. The van der Waals surface area contributed by atoms with Crippen LogP contribution in [0.2, 0.25) is 0 Å². The number of hydrogen-bond donors (Lipinski definition) is 2. The van der Waals surface area contributed by atoms with Crippen LogP contribution in [0.25, 0.3) is 0 Å². The van der Waals surface area contributed by atoms with Gasteiger partial charge in [-0.1, -0.05) is 27.3 Å². The van der Waals surface area contributed by atoms with Crippen LogP contribution in [0.1, 0.15) is 15.2 Å². The van der Waals surface area contributed by atoms with Crippen molar-refractivity contribution in [3.05, 3.63) is 44.9 Å². The minimum atomic E-state index is -0.963. The summed E-state index contributed by atoms with van der Waals surface area (Å²) in [5.41, 5.74) is 5.85. The van der Waals surface area contributed by atoms with Crippen LogP contribution in [0, 0.1) is 11.6 Å². The van der Waals surface area contributed by atoms with Crippen LogP contribution in [0.15, 0.2) is 22.8 Å². The van der Waals surface area contributed by atoms with E-state index in [1.54, 1.807) is 0 Å². The second-order valence-electron chi connectivity index (χ2n) is 3.60. The van der Waals surface area contributed by atoms with Crippen LogP contribution in [0.3, 0.4) is 0 Å². The van der Waals surface area contributed by atoms with Crippen LogP contribution in [-0.2, 0) is 6.54 Å². The Morgan fingerprint density at radius 2 is 2.11 bits per heavy atom. The highest BCUT2D eigenvalue weighted by Crippen LogP contribution is 2.21. The number of hydrogen-bond acceptors (Lipinski definition) is 4. The van der Waals surface area contributed by atoms with E-state index in [-0.39, 0.29) is 12.5 Å². The van der Waals surface area contributed by atoms with E-state index in [9.17, 15) is 13.6 Å². The van der Waals surface area contributed by atoms with E-state index in [4.69, 9.17) is 5.73 Å². The predicted molar refractivity (Wildman–Crippen MR) is 71.8 cm³/mol. The summed E-state index contributed by atoms with van der Waals surface area (Å²) < 4.78 is 26.4. The van der Waals surface area contributed by atoms with Crippen molar-refractivity contribution in [1.82, 2.24) is 10.3 Å². The first-order valence-electron chi connectivity index (χ1n) is 5.10. The van der Waals surface area contributed by atoms with Crippen molar-refractivity contribution in [2.45, 2.75) is 6.54 Å². The van der Waals surface area contributed by atoms with Gasteiger partial charge in [-0.2, -0.15) is 0 Å². The lowest BCUT2D eigenvalue weighted by atomic mass is 10.2. The number of halogens is 3. The van der Waals surface area contributed by atoms with Crippen molar-refractivity contribution in [2.75, 3.05) is 5.73 Å². The number of thiazole rings is 1. The Morgan fingerprint density at radius 3 is 2.74 bits per heavy atom. The molecule has 0 spiro atoms. The van der Waals surface area contributed by atoms with Crippen LogP contribution in [0.4, 0.5) is 13.9 Å². The highest BCUT2D eigenvalue weighted by Gasteiger charge is 2.12. The van der Waals surface area contributed by atoms with Gasteiger partial charge < -0.3 is 11.1 Å². The normalized spacial score (nSPS) is 10.5. The van der Waals surface area contributed by atoms with Gasteiger partial charge in [0.25, 0.3) is 5.91 Å². The molecule has 0 unspecified atom stereocenters. The largest absolute Gasteiger partial charge is 0.375 e. The highest BCUT2D eigenvalue weighted by molar-refractivity contribution is 9.10. The summed E-state index contributed by atoms with van der Waals surface area (Å²) >= 11 is 4.15. The molecule has 0 saturated carbocycles. The fraction of sp³-hybridized carbons (Fsp3) is 0.0909. The molecule has 1 aromatic carbocycles. The zero-order valence-corrected chi connectivity index (χ0v) is 11.8. The number of rotatable bonds is 3. The van der Waals surface area contributed by atoms with Gasteiger partial charge in [0, 0.05) is 11.0 Å². The fourth-order valence-electron chi connectivity index (χ4n) is 1.35. The van der Waals surface area contributed by atoms with E-state index < -0.39 is 11.6 Å². The van der Waals surface area contributed by atoms with Crippen molar-refractivity contribution < 1.29 is 13.6 Å². The zero-order valence-electron chi connectivity index (χ0n) is 9.41. The number of amides is 1. The molecule has 1 heterocycles. The van der Waals surface area contributed by atoms with Crippen molar-refractivity contribution in [3.63, 3.8) is 0 Å². The first-order valence-corrected chi connectivity index (χ1v) is 6.71. The number of anilines is 1. The Labute approximate surface area is 119 Å². The third kappa shape index (κ3) is 3.27. The zero-order chi connectivity index (χ0) is 14.0. The Hall–Kier alpha value is -1.54. The number of nitrogen functional groups attached to an aromatic ring is 1. The molecule has 3 N–H and O–H groups in total. The second-order valence-corrected chi connectivity index (χ2v) is 5.52. The van der Waals surface area contributed by atoms with E-state index in [1.165, 1.54) is 6.20 Å². The van der Waals surface area contributed by atoms with Crippen LogP contribution < -0.4 is 11.1 Å². The molecule has 8 heteroatoms. The predicted octanol–water partition coefficient (Wildman–Crippen LogP) is 2.70. The van der Waals surface area contributed by atoms with Gasteiger partial charge in [0.2, 0.25) is 0 Å². The lowest BCUT2D eigenvalue weighted by molar-refractivity contribution is 0.0954. The van der Waals surface area contributed by atoms with Gasteiger partial charge in [0.15, 0.2) is 16.8 Å². The summed E-state index contributed by atoms with van der Waals surface area (Å²) in [7, 11) is 0. The number of carbonyl (C=O) groups is 1. The maximum Gasteiger partial charge on any atom is 0.263 e. The molecule has 0 fully saturated rings. The van der Waals surface area contributed by atoms with Crippen LogP contribution >= 0.6 is 27.3 Å². The van der Waals surface area contributed by atoms with E-state index in [2.05, 4.69) is 26.2 Å². The third-order valence-electron chi connectivity index (χ3n) is 2.28. The number of aromatic nitrogens is 1. The maximum absolute atomic E-state index is 13.1. The first kappa shape index (κ1) is 13.9. The first-order chi connectivity index (χ1) is 8.97. The standard InChI is InChI=1S/C11H8BrF2N3OS/c12-6-2-8(14)7(13)1-5(6)3-16-10(18)9-4-17-11(15)19-9/h1-2,4H,3H2,(H2,15,17)(H,16,18). The molecular weight excluding hydrogens is 340 g/mol. The molecule has 0 bridgehead atoms. The van der Waals surface area contributed by atoms with Gasteiger partial charge in [0.1, 0.15) is 4.88 Å². The fourth-order valence-corrected chi connectivity index (χ4v) is 2.41. The molecule has 0 saturated heterocycles. The Kier molecular flexibility index (Phi) is 4.11. The molecule has 0 radical (unpaired) electrons. The van der Waals surface area contributed by atoms with Crippen LogP contribution in [-0.4, -0.2) is 10.9 Å². The Bertz CT molecular complexity index is 632. The molecule has 0 aliphatic carbocycles. The van der Waals surface area contributed by atoms with Crippen molar-refractivity contribution in [3.8, 4) is 0 Å². The molecule has 2 aromatic rings. The smallest absolute Gasteiger partial charge is 0.263 e. The summed E-state index contributed by atoms with van der Waals surface area (Å²) in [6.45, 7) is 0.0639. The van der Waals surface area contributed by atoms with E-state index in [0.717, 1.165) is 23.5 Å². The molecule has 100 valence electrons. The maximum atomic E-state index is 13.1. The molecular formula is C11H8BrF2N3OS. The third-order valence-corrected chi connectivity index (χ3v) is 3.84. The summed E-state index contributed by atoms with van der Waals surface area (Å²) in [5.74, 6) is -2.28. The molecule has 1 aromatic heterocycles. The van der Waals surface area contributed by atoms with Gasteiger partial charge in [-0.25, -0.2) is 13.8 Å². The highest BCUT2D eigenvalue weighted by atomic mass is 79.9. The average Bonchev–Trinajstić information content (AvgIpc) is 2.78. The topological polar surface area (TPSA) is 68.0 Å². The molecule has 4 nitrogen and oxygen atoms in total. The molecule has 0 aliphatic rings. The summed E-state index contributed by atoms with van der Waals surface area (Å²) in [4.78, 5) is 15.8. The van der Waals surface area contributed by atoms with Gasteiger partial charge in [-0.05, 0) is 17.7 Å². The van der Waals surface area contributed by atoms with Gasteiger partial charge >= 0.3 is 0 Å². The van der Waals surface area contributed by atoms with Crippen molar-refractivity contribution in [1.29, 1.82) is 0 Å². The summed E-state index contributed by atoms with van der Waals surface area (Å²) in [6, 6.07) is 2.04. The lowest BCUT2D eigenvalue weighted by Crippen LogP contribution is -2.22. The van der Waals surface area contributed by atoms with E-state index >= 15 is 0 Å².